The minimum atomic E-state index is -0.633. The molecular formula is C46H55O6+. The zero-order valence-corrected chi connectivity index (χ0v) is 32.3. The Morgan fingerprint density at radius 2 is 1.25 bits per heavy atom. The van der Waals surface area contributed by atoms with Crippen molar-refractivity contribution in [1.29, 1.82) is 0 Å². The number of hydrogen-bond donors (Lipinski definition) is 0. The van der Waals surface area contributed by atoms with E-state index >= 15 is 0 Å². The highest BCUT2D eigenvalue weighted by molar-refractivity contribution is 5.86. The Labute approximate surface area is 309 Å². The van der Waals surface area contributed by atoms with E-state index < -0.39 is 11.2 Å². The number of unbranched alkanes of at least 4 members (excludes halogenated alkanes) is 4. The number of esters is 2. The second kappa shape index (κ2) is 15.2. The first-order valence-electron chi connectivity index (χ1n) is 19.2. The van der Waals surface area contributed by atoms with Crippen molar-refractivity contribution in [2.45, 2.75) is 131 Å². The van der Waals surface area contributed by atoms with Crippen LogP contribution in [0.15, 0.2) is 60.7 Å². The van der Waals surface area contributed by atoms with E-state index in [2.05, 4.69) is 96.1 Å². The van der Waals surface area contributed by atoms with Crippen LogP contribution in [0.1, 0.15) is 127 Å². The number of fused-ring (bicyclic) bond motifs is 6. The molecular weight excluding hydrogens is 649 g/mol. The van der Waals surface area contributed by atoms with Crippen LogP contribution in [0.2, 0.25) is 0 Å². The van der Waals surface area contributed by atoms with Crippen molar-refractivity contribution < 1.29 is 28.5 Å². The summed E-state index contributed by atoms with van der Waals surface area (Å²) in [6, 6.07) is 21.5. The molecule has 1 unspecified atom stereocenters. The molecule has 0 amide bonds. The van der Waals surface area contributed by atoms with Crippen molar-refractivity contribution in [3.63, 3.8) is 0 Å². The van der Waals surface area contributed by atoms with Gasteiger partial charge in [0.1, 0.15) is 28.5 Å². The lowest BCUT2D eigenvalue weighted by atomic mass is 9.79. The predicted octanol–water partition coefficient (Wildman–Crippen LogP) is 11.5. The van der Waals surface area contributed by atoms with Crippen LogP contribution in [0.25, 0.3) is 22.3 Å². The van der Waals surface area contributed by atoms with E-state index in [9.17, 15) is 9.59 Å². The number of rotatable bonds is 13. The van der Waals surface area contributed by atoms with Gasteiger partial charge in [-0.05, 0) is 112 Å². The summed E-state index contributed by atoms with van der Waals surface area (Å²) in [4.78, 5) is 22.6. The molecule has 0 spiro atoms. The molecule has 0 saturated heterocycles. The van der Waals surface area contributed by atoms with E-state index in [-0.39, 0.29) is 11.9 Å². The zero-order valence-electron chi connectivity index (χ0n) is 32.3. The Morgan fingerprint density at radius 1 is 0.673 bits per heavy atom. The summed E-state index contributed by atoms with van der Waals surface area (Å²) in [6.45, 7) is 15.9. The van der Waals surface area contributed by atoms with Gasteiger partial charge in [0.15, 0.2) is 0 Å². The highest BCUT2D eigenvalue weighted by Crippen LogP contribution is 2.53. The van der Waals surface area contributed by atoms with Crippen molar-refractivity contribution in [2.24, 2.45) is 0 Å². The average Bonchev–Trinajstić information content (AvgIpc) is 3.06. The van der Waals surface area contributed by atoms with Crippen LogP contribution in [0.3, 0.4) is 0 Å². The summed E-state index contributed by atoms with van der Waals surface area (Å²) < 4.78 is 25.5. The van der Waals surface area contributed by atoms with Gasteiger partial charge in [-0.3, -0.25) is 9.53 Å². The van der Waals surface area contributed by atoms with Gasteiger partial charge in [0, 0.05) is 24.1 Å². The van der Waals surface area contributed by atoms with Crippen molar-refractivity contribution in [2.75, 3.05) is 0 Å². The SMILES string of the molecule is CCCCCc1cc(OC(C)=[OH+])c2c(c1)OC(C)(C)c1ccc(CCC3(C)Oc4cc(CCCCC)cc(OC(C)=O)c4-c4cc(C)ccc43)cc1-2. The van der Waals surface area contributed by atoms with Crippen LogP contribution < -0.4 is 18.9 Å². The average molecular weight is 704 g/mol. The van der Waals surface area contributed by atoms with E-state index in [0.29, 0.717) is 11.5 Å². The molecule has 1 N–H and O–H groups in total. The summed E-state index contributed by atoms with van der Waals surface area (Å²) in [5, 5.41) is 0. The van der Waals surface area contributed by atoms with Crippen LogP contribution in [-0.4, -0.2) is 16.7 Å². The number of hydrogen-bond acceptors (Lipinski definition) is 5. The van der Waals surface area contributed by atoms with Gasteiger partial charge in [-0.15, -0.1) is 0 Å². The maximum absolute atomic E-state index is 12.3. The zero-order chi connectivity index (χ0) is 37.2. The molecule has 6 rings (SSSR count). The Hall–Kier alpha value is -4.58. The van der Waals surface area contributed by atoms with Crippen molar-refractivity contribution >= 4 is 11.9 Å². The standard InChI is InChI=1S/C46H54O6/c1-9-11-13-15-33-25-40(50-31(5)48)44-36-24-32(18-20-37(36)45(6,7)51-41(44)27-33)21-22-46(8)38-19-17-29(3)23-35(38)43-39(49-30(4)47)26-34(16-14-12-10-2)28-42(43)52-46/h17-20,23-28H,9-16,21-22H2,1-8H3/p+1. The molecule has 1 atom stereocenters. The maximum atomic E-state index is 12.3. The van der Waals surface area contributed by atoms with Crippen molar-refractivity contribution in [3.8, 4) is 45.3 Å². The minimum absolute atomic E-state index is 0.0996. The van der Waals surface area contributed by atoms with Crippen LogP contribution in [0, 0.1) is 6.92 Å². The van der Waals surface area contributed by atoms with Crippen LogP contribution >= 0.6 is 0 Å². The molecule has 2 heterocycles. The maximum Gasteiger partial charge on any atom is 0.485 e. The molecule has 52 heavy (non-hydrogen) atoms. The molecule has 0 bridgehead atoms. The number of carbonyl (C=O) groups is 1. The molecule has 2 aliphatic heterocycles. The topological polar surface area (TPSA) is 75.4 Å². The fourth-order valence-electron chi connectivity index (χ4n) is 7.90. The van der Waals surface area contributed by atoms with E-state index in [1.807, 2.05) is 6.07 Å². The Morgan fingerprint density at radius 3 is 1.85 bits per heavy atom. The summed E-state index contributed by atoms with van der Waals surface area (Å²) in [6.07, 6.45) is 10.0. The van der Waals surface area contributed by atoms with E-state index in [1.165, 1.54) is 12.5 Å². The van der Waals surface area contributed by atoms with Crippen LogP contribution in [-0.2, 0) is 35.3 Å². The lowest BCUT2D eigenvalue weighted by Gasteiger charge is -2.39. The molecule has 0 aromatic heterocycles. The first-order chi connectivity index (χ1) is 24.8. The van der Waals surface area contributed by atoms with E-state index in [0.717, 1.165) is 126 Å². The van der Waals surface area contributed by atoms with Gasteiger partial charge in [-0.2, -0.15) is 0 Å². The summed E-state index contributed by atoms with van der Waals surface area (Å²) >= 11 is 0. The molecule has 0 fully saturated rings. The molecule has 274 valence electrons. The van der Waals surface area contributed by atoms with Gasteiger partial charge in [-0.1, -0.05) is 81.5 Å². The monoisotopic (exact) mass is 703 g/mol. The fourth-order valence-corrected chi connectivity index (χ4v) is 7.90. The van der Waals surface area contributed by atoms with Gasteiger partial charge >= 0.3 is 11.9 Å². The number of benzene rings is 4. The van der Waals surface area contributed by atoms with Gasteiger partial charge in [0.2, 0.25) is 0 Å². The largest absolute Gasteiger partial charge is 0.485 e. The third-order valence-electron chi connectivity index (χ3n) is 10.5. The van der Waals surface area contributed by atoms with Crippen molar-refractivity contribution in [3.05, 3.63) is 94.0 Å². The highest BCUT2D eigenvalue weighted by atomic mass is 16.5. The lowest BCUT2D eigenvalue weighted by molar-refractivity contribution is -0.131. The Balaban J connectivity index is 1.38. The molecule has 6 heteroatoms. The number of ether oxygens (including phenoxy) is 4. The highest BCUT2D eigenvalue weighted by Gasteiger charge is 2.40. The molecule has 6 nitrogen and oxygen atoms in total. The molecule has 2 aliphatic rings. The quantitative estimate of drug-likeness (QED) is 0.0600. The van der Waals surface area contributed by atoms with Gasteiger partial charge in [0.05, 0.1) is 18.1 Å². The van der Waals surface area contributed by atoms with Crippen LogP contribution in [0.5, 0.6) is 23.0 Å². The Kier molecular flexibility index (Phi) is 10.9. The summed E-state index contributed by atoms with van der Waals surface area (Å²) in [7, 11) is 0. The molecule has 4 aromatic carbocycles. The van der Waals surface area contributed by atoms with Crippen molar-refractivity contribution in [1.82, 2.24) is 0 Å². The van der Waals surface area contributed by atoms with Gasteiger partial charge in [0.25, 0.3) is 5.75 Å². The molecule has 0 aliphatic carbocycles. The second-order valence-electron chi connectivity index (χ2n) is 15.4. The number of aryl methyl sites for hydroxylation is 4. The smallest absolute Gasteiger partial charge is 0.482 e. The molecule has 0 saturated carbocycles. The first-order valence-corrected chi connectivity index (χ1v) is 19.2. The first kappa shape index (κ1) is 37.2. The molecule has 4 aromatic rings. The normalized spacial score (nSPS) is 16.4. The second-order valence-corrected chi connectivity index (χ2v) is 15.4. The number of carbonyl (C=O) groups excluding carboxylic acids is 2. The third-order valence-corrected chi connectivity index (χ3v) is 10.5. The fraction of sp³-hybridized carbons (Fsp3) is 0.435. The van der Waals surface area contributed by atoms with Gasteiger partial charge in [-0.25, -0.2) is 0 Å². The summed E-state index contributed by atoms with van der Waals surface area (Å²) in [5.74, 6) is 2.27. The van der Waals surface area contributed by atoms with E-state index in [1.54, 1.807) is 6.92 Å². The van der Waals surface area contributed by atoms with Gasteiger partial charge < -0.3 is 19.0 Å². The third kappa shape index (κ3) is 7.77. The Bertz CT molecular complexity index is 1990. The summed E-state index contributed by atoms with van der Waals surface area (Å²) in [5.41, 5.74) is 9.34. The van der Waals surface area contributed by atoms with Crippen LogP contribution in [0.4, 0.5) is 0 Å². The van der Waals surface area contributed by atoms with E-state index in [4.69, 9.17) is 18.9 Å². The molecule has 0 radical (unpaired) electrons. The lowest BCUT2D eigenvalue weighted by Crippen LogP contribution is -2.34. The minimum Gasteiger partial charge on any atom is -0.482 e. The predicted molar refractivity (Wildman–Crippen MR) is 209 cm³/mol.